The van der Waals surface area contributed by atoms with Gasteiger partial charge in [-0.25, -0.2) is 9.37 Å². The molecule has 2 heterocycles. The number of fused-ring (bicyclic) bond motifs is 1. The summed E-state index contributed by atoms with van der Waals surface area (Å²) in [4.78, 5) is 29.6. The van der Waals surface area contributed by atoms with Crippen LogP contribution in [0.4, 0.5) is 10.1 Å². The smallest absolute Gasteiger partial charge is 0.291 e. The van der Waals surface area contributed by atoms with Crippen molar-refractivity contribution in [2.24, 2.45) is 5.92 Å². The van der Waals surface area contributed by atoms with Gasteiger partial charge in [-0.15, -0.1) is 0 Å². The molecule has 1 aliphatic rings. The fourth-order valence-electron chi connectivity index (χ4n) is 3.18. The number of hydrogen-bond donors (Lipinski definition) is 2. The SMILES string of the molecule is CC(C)CCNC(=O)c1nc(C(=O)Nc2ccc(F)cc2)n2c1CCCC2. The normalized spacial score (nSPS) is 13.3. The third-order valence-electron chi connectivity index (χ3n) is 4.65. The molecule has 6 nitrogen and oxygen atoms in total. The Bertz CT molecular complexity index is 827. The highest BCUT2D eigenvalue weighted by atomic mass is 19.1. The Hall–Kier alpha value is -2.70. The fraction of sp³-hybridized carbons (Fsp3) is 0.450. The third kappa shape index (κ3) is 4.53. The zero-order valence-corrected chi connectivity index (χ0v) is 15.7. The van der Waals surface area contributed by atoms with E-state index in [4.69, 9.17) is 0 Å². The van der Waals surface area contributed by atoms with Crippen LogP contribution in [-0.2, 0) is 13.0 Å². The van der Waals surface area contributed by atoms with Crippen LogP contribution in [0.25, 0.3) is 0 Å². The molecule has 0 saturated carbocycles. The van der Waals surface area contributed by atoms with Gasteiger partial charge < -0.3 is 15.2 Å². The number of halogens is 1. The number of imidazole rings is 1. The minimum absolute atomic E-state index is 0.225. The summed E-state index contributed by atoms with van der Waals surface area (Å²) in [5.41, 5.74) is 1.63. The van der Waals surface area contributed by atoms with Crippen LogP contribution >= 0.6 is 0 Å². The van der Waals surface area contributed by atoms with Gasteiger partial charge in [-0.2, -0.15) is 0 Å². The molecule has 2 aromatic rings. The maximum absolute atomic E-state index is 13.0. The van der Waals surface area contributed by atoms with E-state index in [0.717, 1.165) is 31.4 Å². The van der Waals surface area contributed by atoms with Crippen molar-refractivity contribution < 1.29 is 14.0 Å². The molecule has 3 rings (SSSR count). The molecule has 0 spiro atoms. The summed E-state index contributed by atoms with van der Waals surface area (Å²) in [6.45, 7) is 5.44. The first kappa shape index (κ1) is 19.1. The van der Waals surface area contributed by atoms with E-state index in [2.05, 4.69) is 29.5 Å². The Morgan fingerprint density at radius 2 is 1.93 bits per heavy atom. The molecule has 0 unspecified atom stereocenters. The number of carbonyl (C=O) groups excluding carboxylic acids is 2. The van der Waals surface area contributed by atoms with Crippen molar-refractivity contribution in [3.63, 3.8) is 0 Å². The number of carbonyl (C=O) groups is 2. The molecule has 7 heteroatoms. The molecule has 0 fully saturated rings. The maximum atomic E-state index is 13.0. The largest absolute Gasteiger partial charge is 0.351 e. The minimum Gasteiger partial charge on any atom is -0.351 e. The summed E-state index contributed by atoms with van der Waals surface area (Å²) >= 11 is 0. The first-order valence-electron chi connectivity index (χ1n) is 9.40. The van der Waals surface area contributed by atoms with Crippen molar-refractivity contribution in [3.05, 3.63) is 47.3 Å². The van der Waals surface area contributed by atoms with Crippen LogP contribution in [0.1, 0.15) is 59.9 Å². The fourth-order valence-corrected chi connectivity index (χ4v) is 3.18. The van der Waals surface area contributed by atoms with E-state index in [-0.39, 0.29) is 17.5 Å². The second-order valence-corrected chi connectivity index (χ2v) is 7.24. The van der Waals surface area contributed by atoms with Gasteiger partial charge in [-0.05, 0) is 55.9 Å². The zero-order valence-electron chi connectivity index (χ0n) is 15.7. The minimum atomic E-state index is -0.397. The van der Waals surface area contributed by atoms with Gasteiger partial charge in [0.05, 0.1) is 5.69 Å². The van der Waals surface area contributed by atoms with Gasteiger partial charge in [0.1, 0.15) is 11.5 Å². The number of nitrogens with zero attached hydrogens (tertiary/aromatic N) is 2. The molecule has 0 bridgehead atoms. The number of aromatic nitrogens is 2. The summed E-state index contributed by atoms with van der Waals surface area (Å²) in [6, 6.07) is 5.55. The van der Waals surface area contributed by atoms with Crippen LogP contribution in [0, 0.1) is 11.7 Å². The van der Waals surface area contributed by atoms with Crippen LogP contribution in [0.3, 0.4) is 0 Å². The molecular formula is C20H25FN4O2. The van der Waals surface area contributed by atoms with Crippen LogP contribution in [0.15, 0.2) is 24.3 Å². The van der Waals surface area contributed by atoms with Crippen molar-refractivity contribution in [1.29, 1.82) is 0 Å². The van der Waals surface area contributed by atoms with Gasteiger partial charge >= 0.3 is 0 Å². The Labute approximate surface area is 158 Å². The number of rotatable bonds is 6. The van der Waals surface area contributed by atoms with E-state index in [1.807, 2.05) is 4.57 Å². The van der Waals surface area contributed by atoms with Gasteiger partial charge in [0.2, 0.25) is 0 Å². The lowest BCUT2D eigenvalue weighted by Crippen LogP contribution is -2.27. The predicted octanol–water partition coefficient (Wildman–Crippen LogP) is 3.39. The Balaban J connectivity index is 1.80. The lowest BCUT2D eigenvalue weighted by Gasteiger charge is -2.17. The number of anilines is 1. The van der Waals surface area contributed by atoms with Gasteiger partial charge in [-0.1, -0.05) is 13.8 Å². The molecule has 0 aliphatic carbocycles. The highest BCUT2D eigenvalue weighted by molar-refractivity contribution is 6.03. The summed E-state index contributed by atoms with van der Waals surface area (Å²) in [5, 5.41) is 5.63. The number of amides is 2. The summed E-state index contributed by atoms with van der Waals surface area (Å²) in [7, 11) is 0. The number of nitrogens with one attached hydrogen (secondary N) is 2. The van der Waals surface area contributed by atoms with E-state index in [1.165, 1.54) is 24.3 Å². The molecule has 1 aromatic heterocycles. The predicted molar refractivity (Wildman–Crippen MR) is 101 cm³/mol. The van der Waals surface area contributed by atoms with Crippen molar-refractivity contribution in [1.82, 2.24) is 14.9 Å². The van der Waals surface area contributed by atoms with Crippen molar-refractivity contribution in [2.75, 3.05) is 11.9 Å². The van der Waals surface area contributed by atoms with Crippen LogP contribution in [0.5, 0.6) is 0 Å². The third-order valence-corrected chi connectivity index (χ3v) is 4.65. The molecule has 0 atom stereocenters. The van der Waals surface area contributed by atoms with E-state index >= 15 is 0 Å². The summed E-state index contributed by atoms with van der Waals surface area (Å²) in [6.07, 6.45) is 3.52. The van der Waals surface area contributed by atoms with Crippen molar-refractivity contribution in [2.45, 2.75) is 46.1 Å². The lowest BCUT2D eigenvalue weighted by atomic mass is 10.1. The molecule has 27 heavy (non-hydrogen) atoms. The molecule has 1 aromatic carbocycles. The van der Waals surface area contributed by atoms with Crippen LogP contribution in [-0.4, -0.2) is 27.9 Å². The van der Waals surface area contributed by atoms with Crippen molar-refractivity contribution in [3.8, 4) is 0 Å². The van der Waals surface area contributed by atoms with Crippen LogP contribution < -0.4 is 10.6 Å². The highest BCUT2D eigenvalue weighted by Crippen LogP contribution is 2.22. The average molecular weight is 372 g/mol. The molecule has 2 amide bonds. The summed E-state index contributed by atoms with van der Waals surface area (Å²) in [5.74, 6) is -0.277. The van der Waals surface area contributed by atoms with Gasteiger partial charge in [0, 0.05) is 18.8 Å². The molecule has 144 valence electrons. The van der Waals surface area contributed by atoms with Crippen LogP contribution in [0.2, 0.25) is 0 Å². The molecular weight excluding hydrogens is 347 g/mol. The first-order chi connectivity index (χ1) is 13.0. The monoisotopic (exact) mass is 372 g/mol. The molecule has 0 saturated heterocycles. The Morgan fingerprint density at radius 3 is 2.63 bits per heavy atom. The topological polar surface area (TPSA) is 76.0 Å². The second-order valence-electron chi connectivity index (χ2n) is 7.24. The molecule has 0 radical (unpaired) electrons. The maximum Gasteiger partial charge on any atom is 0.291 e. The van der Waals surface area contributed by atoms with E-state index < -0.39 is 5.91 Å². The number of benzene rings is 1. The first-order valence-corrected chi connectivity index (χ1v) is 9.40. The Kier molecular flexibility index (Phi) is 5.88. The number of hydrogen-bond acceptors (Lipinski definition) is 3. The van der Waals surface area contributed by atoms with Gasteiger partial charge in [0.15, 0.2) is 5.82 Å². The lowest BCUT2D eigenvalue weighted by molar-refractivity contribution is 0.0946. The zero-order chi connectivity index (χ0) is 19.4. The second kappa shape index (κ2) is 8.33. The summed E-state index contributed by atoms with van der Waals surface area (Å²) < 4.78 is 14.9. The van der Waals surface area contributed by atoms with Crippen molar-refractivity contribution >= 4 is 17.5 Å². The van der Waals surface area contributed by atoms with E-state index in [9.17, 15) is 14.0 Å². The van der Waals surface area contributed by atoms with E-state index in [0.29, 0.717) is 30.4 Å². The average Bonchev–Trinajstić information content (AvgIpc) is 3.03. The van der Waals surface area contributed by atoms with Gasteiger partial charge in [0.25, 0.3) is 11.8 Å². The molecule has 1 aliphatic heterocycles. The Morgan fingerprint density at radius 1 is 1.19 bits per heavy atom. The van der Waals surface area contributed by atoms with E-state index in [1.54, 1.807) is 0 Å². The standard InChI is InChI=1S/C20H25FN4O2/c1-13(2)10-11-22-19(26)17-16-5-3-4-12-25(16)18(24-17)20(27)23-15-8-6-14(21)7-9-15/h6-9,13H,3-5,10-12H2,1-2H3,(H,22,26)(H,23,27). The van der Waals surface area contributed by atoms with Gasteiger partial charge in [-0.3, -0.25) is 9.59 Å². The quantitative estimate of drug-likeness (QED) is 0.816. The molecule has 2 N–H and O–H groups in total. The highest BCUT2D eigenvalue weighted by Gasteiger charge is 2.27.